The molecule has 6 rings (SSSR count). The van der Waals surface area contributed by atoms with Crippen LogP contribution in [0, 0.1) is 0 Å². The van der Waals surface area contributed by atoms with Gasteiger partial charge in [-0.1, -0.05) is 30.3 Å². The number of anilines is 1. The number of hydrogen-bond donors (Lipinski definition) is 3. The zero-order valence-electron chi connectivity index (χ0n) is 21.7. The van der Waals surface area contributed by atoms with Crippen LogP contribution in [0.4, 0.5) is 10.6 Å². The van der Waals surface area contributed by atoms with Crippen LogP contribution in [0.3, 0.4) is 0 Å². The van der Waals surface area contributed by atoms with Crippen molar-refractivity contribution in [3.8, 4) is 0 Å². The summed E-state index contributed by atoms with van der Waals surface area (Å²) < 4.78 is 20.5. The molecule has 40 heavy (non-hydrogen) atoms. The van der Waals surface area contributed by atoms with Gasteiger partial charge in [0.15, 0.2) is 35.6 Å². The minimum absolute atomic E-state index is 0.212. The summed E-state index contributed by atoms with van der Waals surface area (Å²) in [6.07, 6.45) is 0.113. The van der Waals surface area contributed by atoms with Crippen molar-refractivity contribution < 1.29 is 33.7 Å². The Hall–Kier alpha value is -4.14. The number of carbonyl (C=O) groups is 3. The number of carbonyl (C=O) groups excluding carboxylic acids is 2. The normalized spacial score (nSPS) is 27.6. The molecule has 2 aromatic heterocycles. The van der Waals surface area contributed by atoms with Crippen molar-refractivity contribution in [3.05, 3.63) is 48.5 Å². The number of fused-ring (bicyclic) bond motifs is 2. The standard InChI is InChI=1S/C26H29N7O7/c1-2-27-26(37)31-21-17-22(29-12-28-21)33(13-30-17)24-20-18(38-16(39-20)11-14-7-4-3-5-8-14)19(40-24)23(34)32-10-6-9-15(32)25(35)36/h3-5,7-8,12-13,15-16,18-20,24H,2,6,9-11H2,1H3,(H,35,36)(H2,27,28,29,31,37). The third-order valence-corrected chi connectivity index (χ3v) is 7.32. The minimum Gasteiger partial charge on any atom is -0.480 e. The molecule has 3 fully saturated rings. The molecule has 6 atom stereocenters. The van der Waals surface area contributed by atoms with Gasteiger partial charge in [0.1, 0.15) is 24.6 Å². The van der Waals surface area contributed by atoms with Crippen LogP contribution in [0.2, 0.25) is 0 Å². The highest BCUT2D eigenvalue weighted by atomic mass is 16.8. The number of ether oxygens (including phenoxy) is 3. The van der Waals surface area contributed by atoms with Crippen LogP contribution in [0.15, 0.2) is 43.0 Å². The Morgan fingerprint density at radius 3 is 2.65 bits per heavy atom. The largest absolute Gasteiger partial charge is 0.480 e. The minimum atomic E-state index is -1.09. The molecule has 210 valence electrons. The SMILES string of the molecule is CCNC(=O)Nc1ncnc2c1ncn2C1OC(C(=O)N2CCCC2C(=O)O)C2OC(Cc3ccccc3)OC21. The van der Waals surface area contributed by atoms with E-state index >= 15 is 0 Å². The Balaban J connectivity index is 1.31. The number of aromatic nitrogens is 4. The number of likely N-dealkylation sites (tertiary alicyclic amines) is 1. The van der Waals surface area contributed by atoms with E-state index in [1.807, 2.05) is 30.3 Å². The number of nitrogens with one attached hydrogen (secondary N) is 2. The number of rotatable bonds is 7. The summed E-state index contributed by atoms with van der Waals surface area (Å²) in [6, 6.07) is 8.34. The second-order valence-corrected chi connectivity index (χ2v) is 9.83. The number of hydrogen-bond acceptors (Lipinski definition) is 9. The molecular formula is C26H29N7O7. The Morgan fingerprint density at radius 1 is 1.07 bits per heavy atom. The Labute approximate surface area is 228 Å². The second kappa shape index (κ2) is 10.8. The van der Waals surface area contributed by atoms with Crippen molar-refractivity contribution in [1.82, 2.24) is 29.7 Å². The smallest absolute Gasteiger partial charge is 0.326 e. The first-order chi connectivity index (χ1) is 19.4. The molecule has 0 spiro atoms. The van der Waals surface area contributed by atoms with E-state index in [2.05, 4.69) is 25.6 Å². The van der Waals surface area contributed by atoms with Crippen molar-refractivity contribution in [2.75, 3.05) is 18.4 Å². The lowest BCUT2D eigenvalue weighted by Gasteiger charge is -2.27. The summed E-state index contributed by atoms with van der Waals surface area (Å²) in [7, 11) is 0. The van der Waals surface area contributed by atoms with Gasteiger partial charge in [-0.15, -0.1) is 0 Å². The third kappa shape index (κ3) is 4.74. The molecule has 14 heteroatoms. The summed E-state index contributed by atoms with van der Waals surface area (Å²) in [5, 5.41) is 15.0. The van der Waals surface area contributed by atoms with E-state index in [4.69, 9.17) is 14.2 Å². The zero-order chi connectivity index (χ0) is 27.8. The first-order valence-electron chi connectivity index (χ1n) is 13.2. The van der Waals surface area contributed by atoms with Gasteiger partial charge in [0.25, 0.3) is 5.91 Å². The van der Waals surface area contributed by atoms with Crippen molar-refractivity contribution in [2.45, 2.75) is 63.1 Å². The first-order valence-corrected chi connectivity index (χ1v) is 13.2. The van der Waals surface area contributed by atoms with Crippen molar-refractivity contribution in [2.24, 2.45) is 0 Å². The van der Waals surface area contributed by atoms with Crippen molar-refractivity contribution in [3.63, 3.8) is 0 Å². The summed E-state index contributed by atoms with van der Waals surface area (Å²) in [5.74, 6) is -1.29. The van der Waals surface area contributed by atoms with Gasteiger partial charge >= 0.3 is 12.0 Å². The van der Waals surface area contributed by atoms with Crippen molar-refractivity contribution >= 4 is 34.9 Å². The summed E-state index contributed by atoms with van der Waals surface area (Å²) in [5.41, 5.74) is 1.69. The number of carboxylic acid groups (broad SMARTS) is 1. The molecule has 1 aromatic carbocycles. The molecule has 3 aliphatic rings. The monoisotopic (exact) mass is 551 g/mol. The van der Waals surface area contributed by atoms with E-state index in [-0.39, 0.29) is 5.82 Å². The quantitative estimate of drug-likeness (QED) is 0.389. The number of carboxylic acids is 1. The molecule has 3 N–H and O–H groups in total. The molecule has 0 aliphatic carbocycles. The highest BCUT2D eigenvalue weighted by Crippen LogP contribution is 2.42. The fourth-order valence-corrected chi connectivity index (χ4v) is 5.53. The van der Waals surface area contributed by atoms with Crippen LogP contribution < -0.4 is 10.6 Å². The first kappa shape index (κ1) is 26.1. The lowest BCUT2D eigenvalue weighted by molar-refractivity contribution is -0.170. The lowest BCUT2D eigenvalue weighted by atomic mass is 10.1. The number of amides is 3. The van der Waals surface area contributed by atoms with Crippen LogP contribution in [0.25, 0.3) is 11.2 Å². The van der Waals surface area contributed by atoms with E-state index in [1.165, 1.54) is 17.6 Å². The molecular weight excluding hydrogens is 522 g/mol. The maximum atomic E-state index is 13.7. The number of nitrogens with zero attached hydrogens (tertiary/aromatic N) is 5. The summed E-state index contributed by atoms with van der Waals surface area (Å²) >= 11 is 0. The molecule has 14 nitrogen and oxygen atoms in total. The molecule has 6 unspecified atom stereocenters. The highest BCUT2D eigenvalue weighted by molar-refractivity contribution is 5.95. The third-order valence-electron chi connectivity index (χ3n) is 7.32. The van der Waals surface area contributed by atoms with Crippen LogP contribution in [-0.2, 0) is 30.2 Å². The molecule has 5 heterocycles. The fourth-order valence-electron chi connectivity index (χ4n) is 5.53. The van der Waals surface area contributed by atoms with E-state index in [9.17, 15) is 19.5 Å². The zero-order valence-corrected chi connectivity index (χ0v) is 21.7. The molecule has 3 aromatic rings. The Kier molecular flexibility index (Phi) is 7.04. The molecule has 0 bridgehead atoms. The van der Waals surface area contributed by atoms with Crippen molar-refractivity contribution in [1.29, 1.82) is 0 Å². The van der Waals surface area contributed by atoms with E-state index in [0.29, 0.717) is 43.5 Å². The van der Waals surface area contributed by atoms with Crippen LogP contribution >= 0.6 is 0 Å². The van der Waals surface area contributed by atoms with E-state index < -0.39 is 54.8 Å². The second-order valence-electron chi connectivity index (χ2n) is 9.83. The Bertz CT molecular complexity index is 1420. The van der Waals surface area contributed by atoms with Gasteiger partial charge in [-0.3, -0.25) is 14.7 Å². The van der Waals surface area contributed by atoms with Gasteiger partial charge in [0.2, 0.25) is 0 Å². The predicted molar refractivity (Wildman–Crippen MR) is 138 cm³/mol. The van der Waals surface area contributed by atoms with Crippen LogP contribution in [-0.4, -0.2) is 91.2 Å². The maximum absolute atomic E-state index is 13.7. The van der Waals surface area contributed by atoms with Gasteiger partial charge in [-0.2, -0.15) is 0 Å². The van der Waals surface area contributed by atoms with Gasteiger partial charge < -0.3 is 29.5 Å². The van der Waals surface area contributed by atoms with Crippen LogP contribution in [0.5, 0.6) is 0 Å². The lowest BCUT2D eigenvalue weighted by Crippen LogP contribution is -2.49. The summed E-state index contributed by atoms with van der Waals surface area (Å²) in [6.45, 7) is 2.55. The number of imidazole rings is 1. The predicted octanol–water partition coefficient (Wildman–Crippen LogP) is 1.29. The number of benzene rings is 1. The average molecular weight is 552 g/mol. The van der Waals surface area contributed by atoms with E-state index in [0.717, 1.165) is 5.56 Å². The van der Waals surface area contributed by atoms with Crippen LogP contribution in [0.1, 0.15) is 31.6 Å². The van der Waals surface area contributed by atoms with Gasteiger partial charge in [0.05, 0.1) is 6.33 Å². The highest BCUT2D eigenvalue weighted by Gasteiger charge is 2.57. The Morgan fingerprint density at radius 2 is 1.88 bits per heavy atom. The van der Waals surface area contributed by atoms with Gasteiger partial charge in [-0.05, 0) is 25.3 Å². The molecule has 3 aliphatic heterocycles. The molecule has 3 saturated heterocycles. The topological polar surface area (TPSA) is 170 Å². The summed E-state index contributed by atoms with van der Waals surface area (Å²) in [4.78, 5) is 51.9. The van der Waals surface area contributed by atoms with Gasteiger partial charge in [0, 0.05) is 19.5 Å². The van der Waals surface area contributed by atoms with E-state index in [1.54, 1.807) is 11.5 Å². The molecule has 3 amide bonds. The molecule has 0 saturated carbocycles. The number of urea groups is 1. The average Bonchev–Trinajstić information content (AvgIpc) is 3.72. The number of aliphatic carboxylic acids is 1. The fraction of sp³-hybridized carbons (Fsp3) is 0.462. The molecule has 0 radical (unpaired) electrons. The maximum Gasteiger partial charge on any atom is 0.326 e. The van der Waals surface area contributed by atoms with Gasteiger partial charge in [-0.25, -0.2) is 24.5 Å².